The summed E-state index contributed by atoms with van der Waals surface area (Å²) in [4.78, 5) is 84.8. The fourth-order valence-corrected chi connectivity index (χ4v) is 12.7. The van der Waals surface area contributed by atoms with E-state index in [0.29, 0.717) is 17.7 Å². The van der Waals surface area contributed by atoms with Gasteiger partial charge in [-0.15, -0.1) is 11.3 Å². The molecule has 27 heteroatoms. The molecule has 17 nitrogen and oxygen atoms in total. The number of anilines is 1. The van der Waals surface area contributed by atoms with Crippen molar-refractivity contribution in [3.05, 3.63) is 51.9 Å². The van der Waals surface area contributed by atoms with Gasteiger partial charge in [-0.1, -0.05) is 39.3 Å². The van der Waals surface area contributed by atoms with Crippen molar-refractivity contribution in [3.63, 3.8) is 0 Å². The molecule has 2 N–H and O–H groups in total. The molecular weight excluding hydrogens is 1110 g/mol. The summed E-state index contributed by atoms with van der Waals surface area (Å²) < 4.78 is 129. The minimum Gasteiger partial charge on any atom is -0.464 e. The van der Waals surface area contributed by atoms with Crippen molar-refractivity contribution in [2.24, 2.45) is 16.7 Å². The number of halogens is 9. The van der Waals surface area contributed by atoms with E-state index in [1.165, 1.54) is 39.6 Å². The Bertz CT molecular complexity index is 3030. The van der Waals surface area contributed by atoms with Crippen LogP contribution in [-0.4, -0.2) is 173 Å². The van der Waals surface area contributed by atoms with E-state index in [0.717, 1.165) is 26.9 Å². The highest BCUT2D eigenvalue weighted by Gasteiger charge is 2.58. The lowest BCUT2D eigenvalue weighted by molar-refractivity contribution is -0.158. The maximum atomic E-state index is 17.0. The molecule has 6 bridgehead atoms. The van der Waals surface area contributed by atoms with Crippen molar-refractivity contribution in [1.82, 2.24) is 45.0 Å². The Balaban J connectivity index is 1.13. The number of carbonyl (C=O) groups excluding carboxylic acids is 5. The summed E-state index contributed by atoms with van der Waals surface area (Å²) in [6.07, 6.45) is -8.06. The van der Waals surface area contributed by atoms with Crippen LogP contribution in [0.4, 0.5) is 40.8 Å². The largest absolute Gasteiger partial charge is 0.464 e. The van der Waals surface area contributed by atoms with E-state index in [1.54, 1.807) is 45.6 Å². The van der Waals surface area contributed by atoms with Crippen molar-refractivity contribution in [2.45, 2.75) is 115 Å². The molecule has 0 saturated carbocycles. The number of pyridine rings is 1. The highest BCUT2D eigenvalue weighted by Crippen LogP contribution is 2.46. The first-order valence-corrected chi connectivity index (χ1v) is 27.7. The van der Waals surface area contributed by atoms with Gasteiger partial charge in [0.25, 0.3) is 17.4 Å². The lowest BCUT2D eigenvalue weighted by atomic mass is 9.78. The zero-order valence-corrected chi connectivity index (χ0v) is 46.5. The van der Waals surface area contributed by atoms with Crippen LogP contribution in [0.15, 0.2) is 29.8 Å². The Morgan fingerprint density at radius 3 is 2.33 bits per heavy atom. The van der Waals surface area contributed by atoms with E-state index in [1.807, 2.05) is 0 Å². The van der Waals surface area contributed by atoms with Gasteiger partial charge in [0, 0.05) is 93.2 Å². The first-order valence-electron chi connectivity index (χ1n) is 26.4. The molecule has 5 aliphatic heterocycles. The van der Waals surface area contributed by atoms with Crippen LogP contribution in [0.25, 0.3) is 33.4 Å². The van der Waals surface area contributed by atoms with Gasteiger partial charge in [-0.25, -0.2) is 19.2 Å². The molecule has 4 saturated heterocycles. The number of rotatable bonds is 11. The number of methoxy groups -OCH3 is 1. The molecule has 8 heterocycles. The average molecular weight is 1170 g/mol. The molecule has 3 aromatic heterocycles. The quantitative estimate of drug-likeness (QED) is 0.0881. The first-order chi connectivity index (χ1) is 37.6. The summed E-state index contributed by atoms with van der Waals surface area (Å²) in [5.41, 5.74) is -0.395. The molecule has 9 rings (SSSR count). The summed E-state index contributed by atoms with van der Waals surface area (Å²) >= 11 is 6.42. The molecule has 1 aromatic carbocycles. The Morgan fingerprint density at radius 2 is 1.68 bits per heavy atom. The Hall–Kier alpha value is -5.70. The zero-order chi connectivity index (χ0) is 58.0. The number of alkyl halides is 8. The van der Waals surface area contributed by atoms with E-state index >= 15 is 17.6 Å². The van der Waals surface area contributed by atoms with E-state index in [9.17, 15) is 41.5 Å². The van der Waals surface area contributed by atoms with Gasteiger partial charge in [-0.3, -0.25) is 38.9 Å². The molecular formula is C53H63ClF8N10O7S. The number of nitrogens with zero attached hydrogens (tertiary/aromatic N) is 8. The van der Waals surface area contributed by atoms with Crippen LogP contribution in [-0.2, 0) is 52.8 Å². The smallest absolute Gasteiger partial charge is 0.406 e. The normalized spacial score (nSPS) is 22.4. The number of aromatic nitrogens is 3. The molecule has 0 aliphatic carbocycles. The molecule has 436 valence electrons. The maximum absolute atomic E-state index is 17.0. The molecule has 4 fully saturated rings. The number of hydrazine groups is 1. The number of carbonyl (C=O) groups is 5. The number of benzene rings is 1. The van der Waals surface area contributed by atoms with Crippen LogP contribution >= 0.6 is 22.9 Å². The van der Waals surface area contributed by atoms with Crippen LogP contribution in [0.3, 0.4) is 0 Å². The van der Waals surface area contributed by atoms with Crippen molar-refractivity contribution < 1.29 is 68.6 Å². The van der Waals surface area contributed by atoms with Gasteiger partial charge in [-0.05, 0) is 62.3 Å². The predicted molar refractivity (Wildman–Crippen MR) is 279 cm³/mol. The minimum absolute atomic E-state index is 0.0174. The third kappa shape index (κ3) is 12.2. The summed E-state index contributed by atoms with van der Waals surface area (Å²) in [7, 11) is 1.40. The maximum Gasteiger partial charge on any atom is 0.406 e. The highest BCUT2D eigenvalue weighted by atomic mass is 35.5. The topological polar surface area (TPSA) is 175 Å². The van der Waals surface area contributed by atoms with Gasteiger partial charge >= 0.3 is 18.3 Å². The molecule has 4 aromatic rings. The van der Waals surface area contributed by atoms with Crippen LogP contribution in [0.2, 0.25) is 0 Å². The molecule has 4 amide bonds. The summed E-state index contributed by atoms with van der Waals surface area (Å²) in [5, 5.41) is 6.04. The molecule has 1 spiro atoms. The summed E-state index contributed by atoms with van der Waals surface area (Å²) in [6.45, 7) is 6.12. The minimum atomic E-state index is -4.86. The standard InChI is InChI=1S/C53H63ClF8N10O7S/c1-28(2)42(70-11-9-51(49(70)77)23-69(24-51)47(75)44(54)56)45(73)65-37-19-40-64-38(22-80-40)32-17-31-34(20-50(4,5)27-79-48(76)36-8-7-10-72(66-36)46(37)74)43(71(26-53(60,61)62)39(31)18-35(32)55)33-16-30(21-63-41(33)29(3)78-6)68-14-12-67(13-15-68)25-52(57,58)59/h16-18,21-22,28-29,36-37,42,44,66H,7-15,19-20,23-27H2,1-6H3,(H,65,73)/t29?,36?,37-,42-,44?/m0/s1. The Labute approximate surface area is 465 Å². The number of nitrogens with one attached hydrogen (secondary N) is 2. The van der Waals surface area contributed by atoms with Gasteiger partial charge in [0.1, 0.15) is 30.5 Å². The van der Waals surface area contributed by atoms with E-state index in [-0.39, 0.29) is 129 Å². The number of piperazine rings is 1. The number of esters is 1. The van der Waals surface area contributed by atoms with Gasteiger partial charge in [0.15, 0.2) is 0 Å². The highest BCUT2D eigenvalue weighted by molar-refractivity contribution is 7.10. The number of cyclic esters (lactones) is 1. The number of amides is 4. The Kier molecular flexibility index (Phi) is 16.6. The second-order valence-corrected chi connectivity index (χ2v) is 24.0. The number of hydrogen-bond donors (Lipinski definition) is 2. The lowest BCUT2D eigenvalue weighted by Crippen LogP contribution is -2.64. The zero-order valence-electron chi connectivity index (χ0n) is 44.9. The summed E-state index contributed by atoms with van der Waals surface area (Å²) in [5.74, 6) is -4.90. The monoisotopic (exact) mass is 1170 g/mol. The number of hydrogen-bond acceptors (Lipinski definition) is 13. The number of likely N-dealkylation sites (tertiary alicyclic amines) is 2. The van der Waals surface area contributed by atoms with Crippen molar-refractivity contribution in [3.8, 4) is 22.5 Å². The van der Waals surface area contributed by atoms with Gasteiger partial charge in [0.05, 0.1) is 64.2 Å². The molecule has 3 unspecified atom stereocenters. The van der Waals surface area contributed by atoms with Gasteiger partial charge in [0.2, 0.25) is 11.8 Å². The molecule has 0 radical (unpaired) electrons. The third-order valence-corrected chi connectivity index (χ3v) is 16.8. The van der Waals surface area contributed by atoms with E-state index < -0.39 is 107 Å². The Morgan fingerprint density at radius 1 is 0.975 bits per heavy atom. The number of ether oxygens (including phenoxy) is 2. The lowest BCUT2D eigenvalue weighted by Gasteiger charge is -2.46. The van der Waals surface area contributed by atoms with Crippen LogP contribution in [0, 0.1) is 22.6 Å². The van der Waals surface area contributed by atoms with E-state index in [2.05, 4.69) is 10.7 Å². The molecule has 80 heavy (non-hydrogen) atoms. The van der Waals surface area contributed by atoms with Crippen LogP contribution in [0.1, 0.15) is 76.3 Å². The SMILES string of the molecule is COC(C)c1ncc(N2CCN(CC(F)(F)F)CC2)cc1-c1c2c3cc(c(F)cc3n1CC(F)(F)F)-c1csc(n1)C[C@H](NC(=O)[C@H](C(C)C)N1CCC3(CN(C(=O)C(F)Cl)C3)C1=O)C(=O)N1CCCC(N1)C(=O)OCC(C)(C)C2. The second-order valence-electron chi connectivity index (χ2n) is 22.6. The fourth-order valence-electron chi connectivity index (χ4n) is 11.7. The van der Waals surface area contributed by atoms with E-state index in [4.69, 9.17) is 31.0 Å². The van der Waals surface area contributed by atoms with Crippen LogP contribution < -0.4 is 15.6 Å². The fraction of sp³-hybridized carbons (Fsp3) is 0.604. The van der Waals surface area contributed by atoms with Crippen molar-refractivity contribution >= 4 is 69.1 Å². The second kappa shape index (κ2) is 22.6. The number of thiazole rings is 1. The molecule has 5 aliphatic rings. The van der Waals surface area contributed by atoms with Crippen molar-refractivity contribution in [1.29, 1.82) is 0 Å². The molecule has 5 atom stereocenters. The number of fused-ring (bicyclic) bond motifs is 6. The first kappa shape index (κ1) is 58.9. The third-order valence-electron chi connectivity index (χ3n) is 15.7. The average Bonchev–Trinajstić information content (AvgIpc) is 4.20. The predicted octanol–water partition coefficient (Wildman–Crippen LogP) is 7.19. The van der Waals surface area contributed by atoms with Gasteiger partial charge < -0.3 is 34.1 Å². The van der Waals surface area contributed by atoms with Crippen LogP contribution in [0.5, 0.6) is 0 Å². The van der Waals surface area contributed by atoms with Gasteiger partial charge in [-0.2, -0.15) is 26.3 Å². The van der Waals surface area contributed by atoms with Crippen molar-refractivity contribution in [2.75, 3.05) is 77.5 Å². The summed E-state index contributed by atoms with van der Waals surface area (Å²) in [6, 6.07) is 0.504.